The maximum atomic E-state index is 12.2. The molecule has 0 aliphatic rings. The van der Waals surface area contributed by atoms with Gasteiger partial charge in [0, 0.05) is 17.8 Å². The van der Waals surface area contributed by atoms with Gasteiger partial charge in [-0.3, -0.25) is 4.79 Å². The second kappa shape index (κ2) is 8.72. The Bertz CT molecular complexity index is 838. The van der Waals surface area contributed by atoms with Gasteiger partial charge < -0.3 is 10.1 Å². The zero-order chi connectivity index (χ0) is 19.2. The standard InChI is InChI=1S/C17H18F2N2O4S/c1-26(23,24)20-11-10-12-2-4-13(5-3-12)16(22)21-14-6-8-15(9-7-14)25-17(18)19/h2-9,17,20H,10-11H2,1H3,(H,21,22). The van der Waals surface area contributed by atoms with E-state index in [0.29, 0.717) is 17.7 Å². The van der Waals surface area contributed by atoms with Crippen LogP contribution in [0, 0.1) is 0 Å². The van der Waals surface area contributed by atoms with Crippen molar-refractivity contribution >= 4 is 21.6 Å². The van der Waals surface area contributed by atoms with Gasteiger partial charge in [0.25, 0.3) is 5.91 Å². The summed E-state index contributed by atoms with van der Waals surface area (Å²) in [4.78, 5) is 12.2. The van der Waals surface area contributed by atoms with Crippen LogP contribution in [0.4, 0.5) is 14.5 Å². The van der Waals surface area contributed by atoms with Crippen LogP contribution < -0.4 is 14.8 Å². The van der Waals surface area contributed by atoms with E-state index >= 15 is 0 Å². The van der Waals surface area contributed by atoms with Crippen molar-refractivity contribution in [1.82, 2.24) is 4.72 Å². The zero-order valence-corrected chi connectivity index (χ0v) is 14.7. The molecule has 0 bridgehead atoms. The molecule has 0 unspecified atom stereocenters. The molecule has 0 fully saturated rings. The average molecular weight is 384 g/mol. The number of halogens is 2. The minimum Gasteiger partial charge on any atom is -0.435 e. The second-order valence-corrected chi connectivity index (χ2v) is 7.30. The normalized spacial score (nSPS) is 11.4. The number of sulfonamides is 1. The molecular weight excluding hydrogens is 366 g/mol. The van der Waals surface area contributed by atoms with Crippen LogP contribution in [0.5, 0.6) is 5.75 Å². The highest BCUT2D eigenvalue weighted by atomic mass is 32.2. The van der Waals surface area contributed by atoms with Gasteiger partial charge in [0.05, 0.1) is 6.26 Å². The Balaban J connectivity index is 1.91. The summed E-state index contributed by atoms with van der Waals surface area (Å²) >= 11 is 0. The van der Waals surface area contributed by atoms with Gasteiger partial charge in [-0.05, 0) is 48.4 Å². The lowest BCUT2D eigenvalue weighted by atomic mass is 10.1. The molecule has 140 valence electrons. The minimum absolute atomic E-state index is 0.00468. The lowest BCUT2D eigenvalue weighted by Gasteiger charge is -2.08. The number of anilines is 1. The maximum Gasteiger partial charge on any atom is 0.387 e. The van der Waals surface area contributed by atoms with E-state index in [-0.39, 0.29) is 18.2 Å². The molecule has 9 heteroatoms. The Morgan fingerprint density at radius 3 is 2.23 bits per heavy atom. The number of hydrogen-bond donors (Lipinski definition) is 2. The van der Waals surface area contributed by atoms with Gasteiger partial charge in [0.15, 0.2) is 0 Å². The third kappa shape index (κ3) is 6.77. The van der Waals surface area contributed by atoms with Crippen molar-refractivity contribution in [3.63, 3.8) is 0 Å². The fraction of sp³-hybridized carbons (Fsp3) is 0.235. The summed E-state index contributed by atoms with van der Waals surface area (Å²) in [6.07, 6.45) is 1.59. The van der Waals surface area contributed by atoms with Crippen LogP contribution in [0.25, 0.3) is 0 Å². The number of benzene rings is 2. The summed E-state index contributed by atoms with van der Waals surface area (Å²) < 4.78 is 52.8. The highest BCUT2D eigenvalue weighted by Gasteiger charge is 2.08. The summed E-state index contributed by atoms with van der Waals surface area (Å²) in [6, 6.07) is 12.3. The van der Waals surface area contributed by atoms with E-state index in [2.05, 4.69) is 14.8 Å². The van der Waals surface area contributed by atoms with Gasteiger partial charge in [-0.1, -0.05) is 12.1 Å². The summed E-state index contributed by atoms with van der Waals surface area (Å²) in [5.74, 6) is -0.349. The summed E-state index contributed by atoms with van der Waals surface area (Å²) in [6.45, 7) is -2.63. The number of ether oxygens (including phenoxy) is 1. The molecule has 0 aromatic heterocycles. The van der Waals surface area contributed by atoms with Crippen LogP contribution in [-0.4, -0.2) is 33.7 Å². The molecule has 2 rings (SSSR count). The molecular formula is C17H18F2N2O4S. The molecule has 6 nitrogen and oxygen atoms in total. The van der Waals surface area contributed by atoms with Crippen LogP contribution in [0.2, 0.25) is 0 Å². The Morgan fingerprint density at radius 2 is 1.69 bits per heavy atom. The minimum atomic E-state index is -3.23. The van der Waals surface area contributed by atoms with E-state index in [4.69, 9.17) is 0 Å². The zero-order valence-electron chi connectivity index (χ0n) is 13.9. The van der Waals surface area contributed by atoms with E-state index in [1.54, 1.807) is 24.3 Å². The van der Waals surface area contributed by atoms with Gasteiger partial charge in [-0.2, -0.15) is 8.78 Å². The van der Waals surface area contributed by atoms with Crippen molar-refractivity contribution in [3.8, 4) is 5.75 Å². The lowest BCUT2D eigenvalue weighted by molar-refractivity contribution is -0.0498. The molecule has 0 aliphatic carbocycles. The van der Waals surface area contributed by atoms with Gasteiger partial charge in [-0.25, -0.2) is 13.1 Å². The third-order valence-electron chi connectivity index (χ3n) is 3.33. The van der Waals surface area contributed by atoms with E-state index in [0.717, 1.165) is 11.8 Å². The van der Waals surface area contributed by atoms with Crippen LogP contribution in [0.3, 0.4) is 0 Å². The Morgan fingerprint density at radius 1 is 1.08 bits per heavy atom. The first kappa shape index (κ1) is 19.8. The quantitative estimate of drug-likeness (QED) is 0.733. The number of amides is 1. The number of hydrogen-bond acceptors (Lipinski definition) is 4. The summed E-state index contributed by atoms with van der Waals surface area (Å²) in [5.41, 5.74) is 1.74. The molecule has 2 aromatic carbocycles. The lowest BCUT2D eigenvalue weighted by Crippen LogP contribution is -2.24. The largest absolute Gasteiger partial charge is 0.435 e. The summed E-state index contributed by atoms with van der Waals surface area (Å²) in [5, 5.41) is 2.65. The molecule has 26 heavy (non-hydrogen) atoms. The first-order valence-corrected chi connectivity index (χ1v) is 9.52. The van der Waals surface area contributed by atoms with Gasteiger partial charge >= 0.3 is 6.61 Å². The first-order valence-electron chi connectivity index (χ1n) is 7.63. The van der Waals surface area contributed by atoms with Crippen molar-refractivity contribution in [2.45, 2.75) is 13.0 Å². The predicted octanol–water partition coefficient (Wildman–Crippen LogP) is 2.63. The molecule has 2 N–H and O–H groups in total. The van der Waals surface area contributed by atoms with Crippen LogP contribution in [-0.2, 0) is 16.4 Å². The van der Waals surface area contributed by atoms with E-state index in [1.807, 2.05) is 0 Å². The highest BCUT2D eigenvalue weighted by Crippen LogP contribution is 2.18. The number of carbonyl (C=O) groups excluding carboxylic acids is 1. The number of alkyl halides is 2. The maximum absolute atomic E-state index is 12.2. The monoisotopic (exact) mass is 384 g/mol. The van der Waals surface area contributed by atoms with E-state index in [9.17, 15) is 22.0 Å². The molecule has 0 heterocycles. The van der Waals surface area contributed by atoms with E-state index < -0.39 is 16.6 Å². The van der Waals surface area contributed by atoms with Crippen molar-refractivity contribution in [2.24, 2.45) is 0 Å². The Hall–Kier alpha value is -2.52. The molecule has 2 aromatic rings. The first-order chi connectivity index (χ1) is 12.2. The molecule has 1 amide bonds. The number of carbonyl (C=O) groups is 1. The topological polar surface area (TPSA) is 84.5 Å². The Kier molecular flexibility index (Phi) is 6.64. The van der Waals surface area contributed by atoms with Crippen LogP contribution >= 0.6 is 0 Å². The smallest absolute Gasteiger partial charge is 0.387 e. The van der Waals surface area contributed by atoms with Crippen molar-refractivity contribution < 1.29 is 26.7 Å². The third-order valence-corrected chi connectivity index (χ3v) is 4.06. The molecule has 0 atom stereocenters. The molecule has 0 saturated carbocycles. The highest BCUT2D eigenvalue weighted by molar-refractivity contribution is 7.88. The molecule has 0 aliphatic heterocycles. The summed E-state index contributed by atoms with van der Waals surface area (Å²) in [7, 11) is -3.23. The van der Waals surface area contributed by atoms with Crippen molar-refractivity contribution in [3.05, 3.63) is 59.7 Å². The fourth-order valence-electron chi connectivity index (χ4n) is 2.13. The average Bonchev–Trinajstić information content (AvgIpc) is 2.55. The van der Waals surface area contributed by atoms with Gasteiger partial charge in [0.2, 0.25) is 10.0 Å². The SMILES string of the molecule is CS(=O)(=O)NCCc1ccc(C(=O)Nc2ccc(OC(F)F)cc2)cc1. The van der Waals surface area contributed by atoms with E-state index in [1.165, 1.54) is 24.3 Å². The predicted molar refractivity (Wildman–Crippen MR) is 94.0 cm³/mol. The number of nitrogens with one attached hydrogen (secondary N) is 2. The molecule has 0 radical (unpaired) electrons. The van der Waals surface area contributed by atoms with Crippen LogP contribution in [0.15, 0.2) is 48.5 Å². The Labute approximate surface area is 150 Å². The van der Waals surface area contributed by atoms with Gasteiger partial charge in [-0.15, -0.1) is 0 Å². The van der Waals surface area contributed by atoms with Crippen molar-refractivity contribution in [1.29, 1.82) is 0 Å². The van der Waals surface area contributed by atoms with Crippen molar-refractivity contribution in [2.75, 3.05) is 18.1 Å². The van der Waals surface area contributed by atoms with Crippen LogP contribution in [0.1, 0.15) is 15.9 Å². The second-order valence-electron chi connectivity index (χ2n) is 5.47. The number of rotatable bonds is 8. The fourth-order valence-corrected chi connectivity index (χ4v) is 2.60. The van der Waals surface area contributed by atoms with Gasteiger partial charge in [0.1, 0.15) is 5.75 Å². The molecule has 0 saturated heterocycles. The molecule has 0 spiro atoms.